The van der Waals surface area contributed by atoms with E-state index in [4.69, 9.17) is 4.74 Å². The molecule has 2 N–H and O–H groups in total. The number of hydrogen-bond donors (Lipinski definition) is 2. The van der Waals surface area contributed by atoms with Gasteiger partial charge in [0, 0.05) is 31.2 Å². The average molecular weight is 397 g/mol. The normalized spacial score (nSPS) is 15.5. The monoisotopic (exact) mass is 396 g/mol. The van der Waals surface area contributed by atoms with Crippen LogP contribution in [0.25, 0.3) is 0 Å². The Morgan fingerprint density at radius 3 is 2.90 bits per heavy atom. The Balaban J connectivity index is 1.77. The zero-order valence-electron chi connectivity index (χ0n) is 12.0. The van der Waals surface area contributed by atoms with Crippen molar-refractivity contribution < 1.29 is 13.2 Å². The van der Waals surface area contributed by atoms with Gasteiger partial charge in [0.25, 0.3) is 0 Å². The Kier molecular flexibility index (Phi) is 6.64. The van der Waals surface area contributed by atoms with Gasteiger partial charge in [-0.2, -0.15) is 0 Å². The molecule has 0 aliphatic heterocycles. The van der Waals surface area contributed by atoms with Crippen LogP contribution in [0.2, 0.25) is 0 Å². The average Bonchev–Trinajstić information content (AvgIpc) is 3.17. The van der Waals surface area contributed by atoms with E-state index in [0.29, 0.717) is 34.8 Å². The molecule has 21 heavy (non-hydrogen) atoms. The van der Waals surface area contributed by atoms with Gasteiger partial charge in [0.1, 0.15) is 4.90 Å². The van der Waals surface area contributed by atoms with Gasteiger partial charge in [-0.1, -0.05) is 0 Å². The number of halogens is 1. The first kappa shape index (κ1) is 17.4. The van der Waals surface area contributed by atoms with E-state index in [0.717, 1.165) is 17.4 Å². The number of sulfonamides is 1. The number of ether oxygens (including phenoxy) is 1. The van der Waals surface area contributed by atoms with Crippen LogP contribution in [0.3, 0.4) is 0 Å². The van der Waals surface area contributed by atoms with Crippen LogP contribution < -0.4 is 10.0 Å². The van der Waals surface area contributed by atoms with Crippen LogP contribution in [0.15, 0.2) is 14.7 Å². The van der Waals surface area contributed by atoms with Gasteiger partial charge in [0.2, 0.25) is 10.0 Å². The molecule has 0 saturated heterocycles. The highest BCUT2D eigenvalue weighted by molar-refractivity contribution is 9.11. The smallest absolute Gasteiger partial charge is 0.242 e. The predicted octanol–water partition coefficient (Wildman–Crippen LogP) is 2.33. The van der Waals surface area contributed by atoms with E-state index in [9.17, 15) is 8.42 Å². The van der Waals surface area contributed by atoms with Gasteiger partial charge >= 0.3 is 0 Å². The third kappa shape index (κ3) is 5.61. The first-order valence-corrected chi connectivity index (χ1v) is 10.1. The summed E-state index contributed by atoms with van der Waals surface area (Å²) in [7, 11) is -1.61. The lowest BCUT2D eigenvalue weighted by Gasteiger charge is -2.06. The van der Waals surface area contributed by atoms with Gasteiger partial charge in [-0.15, -0.1) is 11.3 Å². The molecule has 0 bridgehead atoms. The van der Waals surface area contributed by atoms with Gasteiger partial charge in [0.05, 0.1) is 3.79 Å². The van der Waals surface area contributed by atoms with E-state index < -0.39 is 10.0 Å². The molecule has 1 aliphatic rings. The summed E-state index contributed by atoms with van der Waals surface area (Å²) >= 11 is 4.76. The van der Waals surface area contributed by atoms with Crippen molar-refractivity contribution in [1.29, 1.82) is 0 Å². The summed E-state index contributed by atoms with van der Waals surface area (Å²) in [6.07, 6.45) is 3.23. The molecule has 0 atom stereocenters. The van der Waals surface area contributed by atoms with Crippen molar-refractivity contribution in [2.75, 3.05) is 26.8 Å². The minimum atomic E-state index is -3.45. The summed E-state index contributed by atoms with van der Waals surface area (Å²) in [4.78, 5) is 1.30. The van der Waals surface area contributed by atoms with Crippen molar-refractivity contribution in [3.63, 3.8) is 0 Å². The second-order valence-corrected chi connectivity index (χ2v) is 9.34. The van der Waals surface area contributed by atoms with Crippen LogP contribution in [0, 0.1) is 5.92 Å². The molecular formula is C13H21BrN2O3S2. The van der Waals surface area contributed by atoms with Crippen LogP contribution in [0.4, 0.5) is 0 Å². The maximum absolute atomic E-state index is 12.2. The molecule has 0 unspecified atom stereocenters. The third-order valence-corrected chi connectivity index (χ3v) is 6.87. The Morgan fingerprint density at radius 1 is 1.48 bits per heavy atom. The van der Waals surface area contributed by atoms with Crippen LogP contribution in [0.1, 0.15) is 24.1 Å². The molecule has 1 aromatic heterocycles. The largest absolute Gasteiger partial charge is 0.381 e. The van der Waals surface area contributed by atoms with Crippen molar-refractivity contribution in [3.05, 3.63) is 14.7 Å². The SMILES string of the molecule is CNCc1cc(S(=O)(=O)NCCCOCC2CC2)c(Br)s1. The lowest BCUT2D eigenvalue weighted by molar-refractivity contribution is 0.123. The van der Waals surface area contributed by atoms with Gasteiger partial charge in [0.15, 0.2) is 0 Å². The molecule has 1 fully saturated rings. The maximum atomic E-state index is 12.2. The molecule has 0 amide bonds. The highest BCUT2D eigenvalue weighted by Gasteiger charge is 2.21. The second kappa shape index (κ2) is 8.03. The van der Waals surface area contributed by atoms with Crippen LogP contribution in [-0.2, 0) is 21.3 Å². The van der Waals surface area contributed by atoms with E-state index in [2.05, 4.69) is 26.0 Å². The molecule has 120 valence electrons. The van der Waals surface area contributed by atoms with Crippen molar-refractivity contribution in [2.24, 2.45) is 5.92 Å². The van der Waals surface area contributed by atoms with Gasteiger partial charge in [-0.05, 0) is 54.2 Å². The molecule has 0 aromatic carbocycles. The molecule has 0 radical (unpaired) electrons. The number of nitrogens with one attached hydrogen (secondary N) is 2. The molecule has 2 rings (SSSR count). The summed E-state index contributed by atoms with van der Waals surface area (Å²) in [6, 6.07) is 1.71. The summed E-state index contributed by atoms with van der Waals surface area (Å²) in [6.45, 7) is 2.48. The second-order valence-electron chi connectivity index (χ2n) is 5.15. The van der Waals surface area contributed by atoms with E-state index in [1.165, 1.54) is 24.2 Å². The van der Waals surface area contributed by atoms with Crippen molar-refractivity contribution in [2.45, 2.75) is 30.7 Å². The predicted molar refractivity (Wildman–Crippen MR) is 88.1 cm³/mol. The van der Waals surface area contributed by atoms with Crippen LogP contribution in [-0.4, -0.2) is 35.2 Å². The van der Waals surface area contributed by atoms with Gasteiger partial charge in [-0.25, -0.2) is 13.1 Å². The molecule has 0 spiro atoms. The number of rotatable bonds is 10. The first-order chi connectivity index (χ1) is 10.0. The molecule has 1 heterocycles. The molecule has 1 saturated carbocycles. The van der Waals surface area contributed by atoms with E-state index >= 15 is 0 Å². The Labute approximate surface area is 138 Å². The number of thiophene rings is 1. The Hall–Kier alpha value is 0.01000. The zero-order chi connectivity index (χ0) is 15.3. The van der Waals surface area contributed by atoms with E-state index in [1.807, 2.05) is 7.05 Å². The lowest BCUT2D eigenvalue weighted by atomic mass is 10.4. The molecule has 1 aliphatic carbocycles. The van der Waals surface area contributed by atoms with Gasteiger partial charge in [-0.3, -0.25) is 0 Å². The molecule has 8 heteroatoms. The first-order valence-electron chi connectivity index (χ1n) is 7.03. The quantitative estimate of drug-likeness (QED) is 0.595. The highest BCUT2D eigenvalue weighted by atomic mass is 79.9. The van der Waals surface area contributed by atoms with Crippen molar-refractivity contribution >= 4 is 37.3 Å². The summed E-state index contributed by atoms with van der Waals surface area (Å²) in [5, 5.41) is 3.01. The zero-order valence-corrected chi connectivity index (χ0v) is 15.2. The standard InChI is InChI=1S/C13H21BrN2O3S2/c1-15-8-11-7-12(13(14)20-11)21(17,18)16-5-2-6-19-9-10-3-4-10/h7,10,15-16H,2-6,8-9H2,1H3. The molecular weight excluding hydrogens is 376 g/mol. The van der Waals surface area contributed by atoms with Crippen LogP contribution in [0.5, 0.6) is 0 Å². The summed E-state index contributed by atoms with van der Waals surface area (Å²) in [5.41, 5.74) is 0. The van der Waals surface area contributed by atoms with Gasteiger partial charge < -0.3 is 10.1 Å². The summed E-state index contributed by atoms with van der Waals surface area (Å²) < 4.78 is 33.2. The minimum Gasteiger partial charge on any atom is -0.381 e. The van der Waals surface area contributed by atoms with Crippen molar-refractivity contribution in [3.8, 4) is 0 Å². The number of hydrogen-bond acceptors (Lipinski definition) is 5. The molecule has 1 aromatic rings. The lowest BCUT2D eigenvalue weighted by Crippen LogP contribution is -2.25. The fourth-order valence-corrected chi connectivity index (χ4v) is 5.60. The van der Waals surface area contributed by atoms with E-state index in [1.54, 1.807) is 6.07 Å². The Bertz CT molecular complexity index is 556. The maximum Gasteiger partial charge on any atom is 0.242 e. The topological polar surface area (TPSA) is 67.4 Å². The Morgan fingerprint density at radius 2 is 2.24 bits per heavy atom. The molecule has 5 nitrogen and oxygen atoms in total. The third-order valence-electron chi connectivity index (χ3n) is 3.16. The fraction of sp³-hybridized carbons (Fsp3) is 0.692. The van der Waals surface area contributed by atoms with Crippen LogP contribution >= 0.6 is 27.3 Å². The fourth-order valence-electron chi connectivity index (χ4n) is 1.84. The van der Waals surface area contributed by atoms with E-state index in [-0.39, 0.29) is 0 Å². The van der Waals surface area contributed by atoms with Crippen molar-refractivity contribution in [1.82, 2.24) is 10.0 Å². The highest BCUT2D eigenvalue weighted by Crippen LogP contribution is 2.31. The summed E-state index contributed by atoms with van der Waals surface area (Å²) in [5.74, 6) is 0.744. The minimum absolute atomic E-state index is 0.316.